The highest BCUT2D eigenvalue weighted by atomic mass is 16.3. The van der Waals surface area contributed by atoms with Crippen LogP contribution in [0, 0.1) is 11.8 Å². The molecule has 0 radical (unpaired) electrons. The molecule has 1 amide bonds. The lowest BCUT2D eigenvalue weighted by molar-refractivity contribution is 0.0862. The molecule has 1 aromatic rings. The molecule has 5 heteroatoms. The summed E-state index contributed by atoms with van der Waals surface area (Å²) in [6.45, 7) is 6.09. The normalized spacial score (nSPS) is 16.9. The fourth-order valence-electron chi connectivity index (χ4n) is 2.96. The molecule has 1 aliphatic rings. The lowest BCUT2D eigenvalue weighted by atomic mass is 10.1. The van der Waals surface area contributed by atoms with Crippen molar-refractivity contribution >= 4 is 5.91 Å². The molecule has 0 spiro atoms. The second kappa shape index (κ2) is 9.72. The Morgan fingerprint density at radius 3 is 2.62 bits per heavy atom. The molecule has 5 nitrogen and oxygen atoms in total. The topological polar surface area (TPSA) is 72.8 Å². The zero-order valence-corrected chi connectivity index (χ0v) is 15.8. The molecule has 1 aliphatic heterocycles. The zero-order valence-electron chi connectivity index (χ0n) is 15.8. The SMILES string of the molecule is CC(C)(O)C#Cc1cccc(C(=O)NCC(O)CN2CCCCCC2)c1. The number of hydrogen-bond donors (Lipinski definition) is 3. The van der Waals surface area contributed by atoms with E-state index in [2.05, 4.69) is 22.1 Å². The third kappa shape index (κ3) is 7.57. The van der Waals surface area contributed by atoms with Gasteiger partial charge >= 0.3 is 0 Å². The molecule has 1 fully saturated rings. The molecular formula is C21H30N2O3. The maximum absolute atomic E-state index is 12.3. The van der Waals surface area contributed by atoms with E-state index >= 15 is 0 Å². The molecule has 1 saturated heterocycles. The quantitative estimate of drug-likeness (QED) is 0.702. The van der Waals surface area contributed by atoms with Gasteiger partial charge in [-0.1, -0.05) is 30.7 Å². The van der Waals surface area contributed by atoms with Gasteiger partial charge in [0.15, 0.2) is 0 Å². The molecule has 142 valence electrons. The Morgan fingerprint density at radius 2 is 1.96 bits per heavy atom. The summed E-state index contributed by atoms with van der Waals surface area (Å²) < 4.78 is 0. The van der Waals surface area contributed by atoms with E-state index in [1.807, 2.05) is 0 Å². The van der Waals surface area contributed by atoms with Crippen LogP contribution in [0.4, 0.5) is 0 Å². The number of β-amino-alcohol motifs (C(OH)–C–C–N with tert-alkyl or cyclic N) is 1. The zero-order chi connectivity index (χ0) is 19.0. The van der Waals surface area contributed by atoms with Crippen molar-refractivity contribution < 1.29 is 15.0 Å². The highest BCUT2D eigenvalue weighted by molar-refractivity contribution is 5.94. The Bertz CT molecular complexity index is 647. The highest BCUT2D eigenvalue weighted by Crippen LogP contribution is 2.10. The largest absolute Gasteiger partial charge is 0.390 e. The molecule has 0 saturated carbocycles. The average Bonchev–Trinajstić information content (AvgIpc) is 2.86. The second-order valence-electron chi connectivity index (χ2n) is 7.47. The highest BCUT2D eigenvalue weighted by Gasteiger charge is 2.15. The number of aliphatic hydroxyl groups excluding tert-OH is 1. The Balaban J connectivity index is 1.86. The van der Waals surface area contributed by atoms with E-state index < -0.39 is 11.7 Å². The van der Waals surface area contributed by atoms with E-state index in [-0.39, 0.29) is 12.5 Å². The van der Waals surface area contributed by atoms with Crippen LogP contribution in [-0.2, 0) is 0 Å². The first-order chi connectivity index (χ1) is 12.3. The number of rotatable bonds is 5. The van der Waals surface area contributed by atoms with E-state index in [0.29, 0.717) is 17.7 Å². The van der Waals surface area contributed by atoms with E-state index in [1.165, 1.54) is 25.7 Å². The first kappa shape index (κ1) is 20.4. The first-order valence-corrected chi connectivity index (χ1v) is 9.38. The fourth-order valence-corrected chi connectivity index (χ4v) is 2.96. The Morgan fingerprint density at radius 1 is 1.27 bits per heavy atom. The number of nitrogens with one attached hydrogen (secondary N) is 1. The summed E-state index contributed by atoms with van der Waals surface area (Å²) in [5.74, 6) is 5.37. The van der Waals surface area contributed by atoms with Crippen molar-refractivity contribution in [1.29, 1.82) is 0 Å². The molecule has 2 rings (SSSR count). The van der Waals surface area contributed by atoms with Crippen molar-refractivity contribution in [2.45, 2.75) is 51.2 Å². The number of aliphatic hydroxyl groups is 2. The number of benzene rings is 1. The maximum atomic E-state index is 12.3. The van der Waals surface area contributed by atoms with Gasteiger partial charge in [0.2, 0.25) is 0 Å². The molecule has 0 aliphatic carbocycles. The number of carbonyl (C=O) groups is 1. The third-order valence-corrected chi connectivity index (χ3v) is 4.30. The number of amides is 1. The minimum atomic E-state index is -1.07. The lowest BCUT2D eigenvalue weighted by Crippen LogP contribution is -2.40. The summed E-state index contributed by atoms with van der Waals surface area (Å²) >= 11 is 0. The van der Waals surface area contributed by atoms with Crippen LogP contribution < -0.4 is 5.32 Å². The van der Waals surface area contributed by atoms with Gasteiger partial charge in [-0.25, -0.2) is 0 Å². The van der Waals surface area contributed by atoms with Crippen molar-refractivity contribution in [3.05, 3.63) is 35.4 Å². The fraction of sp³-hybridized carbons (Fsp3) is 0.571. The predicted molar refractivity (Wildman–Crippen MR) is 103 cm³/mol. The van der Waals surface area contributed by atoms with Gasteiger partial charge in [-0.05, 0) is 58.0 Å². The second-order valence-corrected chi connectivity index (χ2v) is 7.47. The van der Waals surface area contributed by atoms with Crippen LogP contribution in [0.1, 0.15) is 55.5 Å². The van der Waals surface area contributed by atoms with Crippen molar-refractivity contribution in [1.82, 2.24) is 10.2 Å². The minimum Gasteiger partial charge on any atom is -0.390 e. The van der Waals surface area contributed by atoms with Gasteiger partial charge in [-0.15, -0.1) is 0 Å². The summed E-state index contributed by atoms with van der Waals surface area (Å²) in [7, 11) is 0. The van der Waals surface area contributed by atoms with Gasteiger partial charge in [0.1, 0.15) is 5.60 Å². The van der Waals surface area contributed by atoms with Gasteiger partial charge in [-0.3, -0.25) is 4.79 Å². The standard InChI is InChI=1S/C21H30N2O3/c1-21(2,26)11-10-17-8-7-9-18(14-17)20(25)22-15-19(24)16-23-12-5-3-4-6-13-23/h7-9,14,19,24,26H,3-6,12-13,15-16H2,1-2H3,(H,22,25). The Kier molecular flexibility index (Phi) is 7.65. The van der Waals surface area contributed by atoms with Crippen LogP contribution >= 0.6 is 0 Å². The molecule has 1 atom stereocenters. The Labute approximate surface area is 156 Å². The molecule has 3 N–H and O–H groups in total. The van der Waals surface area contributed by atoms with Crippen LogP contribution in [0.3, 0.4) is 0 Å². The van der Waals surface area contributed by atoms with Gasteiger partial charge in [0.05, 0.1) is 6.10 Å². The van der Waals surface area contributed by atoms with Gasteiger partial charge in [0, 0.05) is 24.2 Å². The number of carbonyl (C=O) groups excluding carboxylic acids is 1. The molecule has 0 aromatic heterocycles. The molecule has 0 bridgehead atoms. The summed E-state index contributed by atoms with van der Waals surface area (Å²) in [5, 5.41) is 22.7. The minimum absolute atomic E-state index is 0.230. The molecular weight excluding hydrogens is 328 g/mol. The smallest absolute Gasteiger partial charge is 0.251 e. The van der Waals surface area contributed by atoms with Gasteiger partial charge < -0.3 is 20.4 Å². The van der Waals surface area contributed by atoms with E-state index in [9.17, 15) is 15.0 Å². The van der Waals surface area contributed by atoms with Crippen molar-refractivity contribution in [2.75, 3.05) is 26.2 Å². The molecule has 26 heavy (non-hydrogen) atoms. The van der Waals surface area contributed by atoms with Crippen LogP contribution in [-0.4, -0.2) is 58.9 Å². The van der Waals surface area contributed by atoms with E-state index in [4.69, 9.17) is 0 Å². The Hall–Kier alpha value is -1.87. The lowest BCUT2D eigenvalue weighted by Gasteiger charge is -2.23. The number of hydrogen-bond acceptors (Lipinski definition) is 4. The molecule has 1 unspecified atom stereocenters. The van der Waals surface area contributed by atoms with Crippen LogP contribution in [0.5, 0.6) is 0 Å². The third-order valence-electron chi connectivity index (χ3n) is 4.30. The predicted octanol–water partition coefficient (Wildman–Crippen LogP) is 1.78. The number of likely N-dealkylation sites (tertiary alicyclic amines) is 1. The molecule has 1 heterocycles. The summed E-state index contributed by atoms with van der Waals surface area (Å²) in [4.78, 5) is 14.6. The monoisotopic (exact) mass is 358 g/mol. The maximum Gasteiger partial charge on any atom is 0.251 e. The summed E-state index contributed by atoms with van der Waals surface area (Å²) in [6, 6.07) is 6.96. The average molecular weight is 358 g/mol. The van der Waals surface area contributed by atoms with Gasteiger partial charge in [0.25, 0.3) is 5.91 Å². The first-order valence-electron chi connectivity index (χ1n) is 9.38. The number of nitrogens with zero attached hydrogens (tertiary/aromatic N) is 1. The summed E-state index contributed by atoms with van der Waals surface area (Å²) in [5.41, 5.74) is 0.0924. The van der Waals surface area contributed by atoms with Crippen molar-refractivity contribution in [3.8, 4) is 11.8 Å². The molecule has 1 aromatic carbocycles. The van der Waals surface area contributed by atoms with Crippen LogP contribution in [0.25, 0.3) is 0 Å². The van der Waals surface area contributed by atoms with Gasteiger partial charge in [-0.2, -0.15) is 0 Å². The van der Waals surface area contributed by atoms with E-state index in [1.54, 1.807) is 38.1 Å². The summed E-state index contributed by atoms with van der Waals surface area (Å²) in [6.07, 6.45) is 4.30. The van der Waals surface area contributed by atoms with Crippen LogP contribution in [0.2, 0.25) is 0 Å². The van der Waals surface area contributed by atoms with Crippen molar-refractivity contribution in [3.63, 3.8) is 0 Å². The van der Waals surface area contributed by atoms with Crippen LogP contribution in [0.15, 0.2) is 24.3 Å². The van der Waals surface area contributed by atoms with Crippen molar-refractivity contribution in [2.24, 2.45) is 0 Å². The van der Waals surface area contributed by atoms with E-state index in [0.717, 1.165) is 13.1 Å².